The molecule has 55 heavy (non-hydrogen) atoms. The molecule has 0 aliphatic rings. The topological polar surface area (TPSA) is 29.5 Å². The number of hydrogen-bond acceptors (Lipinski definition) is 3. The number of para-hydroxylation sites is 3. The van der Waals surface area contributed by atoms with Crippen molar-refractivity contribution >= 4 is 71.7 Å². The summed E-state index contributed by atoms with van der Waals surface area (Å²) in [7, 11) is 0. The number of furan rings is 2. The molecule has 0 radical (unpaired) electrons. The van der Waals surface area contributed by atoms with Gasteiger partial charge in [0.25, 0.3) is 0 Å². The van der Waals surface area contributed by atoms with Gasteiger partial charge in [0.1, 0.15) is 22.3 Å². The molecule has 258 valence electrons. The van der Waals surface area contributed by atoms with E-state index >= 15 is 0 Å². The SMILES string of the molecule is c1ccc(-c2cccc3c2oc2ccc(-c4ccc(N(c5ccc(-c6cccc7c6oc6ccccc67)cc5)c5ccc6ccccc6c5)cc4)cc23)cc1. The summed E-state index contributed by atoms with van der Waals surface area (Å²) >= 11 is 0. The standard InChI is InChI=1S/C52H33NO2/c1-2-11-36(12-3-1)43-15-9-18-47-48-33-39(25-31-50(48)55-52(43)47)35-20-26-40(27-21-35)53(42-30-22-34-10-4-5-13-38(34)32-42)41-28-23-37(24-29-41)44-16-8-17-46-45-14-6-7-19-49(45)54-51(44)46/h1-33H. The Hall–Kier alpha value is -7.36. The molecule has 0 N–H and O–H groups in total. The number of nitrogens with zero attached hydrogens (tertiary/aromatic N) is 1. The fourth-order valence-corrected chi connectivity index (χ4v) is 8.15. The molecule has 0 spiro atoms. The minimum absolute atomic E-state index is 0.890. The minimum atomic E-state index is 0.890. The van der Waals surface area contributed by atoms with Gasteiger partial charge < -0.3 is 13.7 Å². The molecule has 11 aromatic rings. The molecule has 0 atom stereocenters. The monoisotopic (exact) mass is 703 g/mol. The van der Waals surface area contributed by atoms with Crippen LogP contribution in [0.5, 0.6) is 0 Å². The Balaban J connectivity index is 0.981. The number of rotatable bonds is 6. The van der Waals surface area contributed by atoms with Gasteiger partial charge in [0.15, 0.2) is 0 Å². The third kappa shape index (κ3) is 5.28. The fraction of sp³-hybridized carbons (Fsp3) is 0. The Labute approximate surface area is 317 Å². The highest BCUT2D eigenvalue weighted by Gasteiger charge is 2.17. The van der Waals surface area contributed by atoms with E-state index in [1.165, 1.54) is 10.8 Å². The maximum absolute atomic E-state index is 6.47. The Morgan fingerprint density at radius 1 is 0.291 bits per heavy atom. The third-order valence-corrected chi connectivity index (χ3v) is 10.9. The first-order chi connectivity index (χ1) is 27.2. The summed E-state index contributed by atoms with van der Waals surface area (Å²) in [5.41, 5.74) is 13.6. The van der Waals surface area contributed by atoms with Crippen LogP contribution in [0.3, 0.4) is 0 Å². The predicted molar refractivity (Wildman–Crippen MR) is 229 cm³/mol. The van der Waals surface area contributed by atoms with Crippen molar-refractivity contribution in [2.75, 3.05) is 4.90 Å². The molecule has 0 saturated carbocycles. The number of hydrogen-bond donors (Lipinski definition) is 0. The van der Waals surface area contributed by atoms with Gasteiger partial charge in [-0.1, -0.05) is 146 Å². The summed E-state index contributed by atoms with van der Waals surface area (Å²) in [4.78, 5) is 2.33. The van der Waals surface area contributed by atoms with Crippen LogP contribution in [-0.2, 0) is 0 Å². The van der Waals surface area contributed by atoms with Crippen molar-refractivity contribution in [3.63, 3.8) is 0 Å². The van der Waals surface area contributed by atoms with Crippen molar-refractivity contribution in [3.05, 3.63) is 200 Å². The van der Waals surface area contributed by atoms with Gasteiger partial charge >= 0.3 is 0 Å². The highest BCUT2D eigenvalue weighted by atomic mass is 16.3. The maximum Gasteiger partial charge on any atom is 0.143 e. The van der Waals surface area contributed by atoms with Crippen molar-refractivity contribution < 1.29 is 8.83 Å². The van der Waals surface area contributed by atoms with Crippen LogP contribution in [0.4, 0.5) is 17.1 Å². The van der Waals surface area contributed by atoms with Gasteiger partial charge in [0.05, 0.1) is 0 Å². The van der Waals surface area contributed by atoms with Gasteiger partial charge in [-0.2, -0.15) is 0 Å². The molecule has 9 aromatic carbocycles. The van der Waals surface area contributed by atoms with Gasteiger partial charge in [0, 0.05) is 49.7 Å². The van der Waals surface area contributed by atoms with E-state index in [2.05, 4.69) is 187 Å². The van der Waals surface area contributed by atoms with E-state index in [1.807, 2.05) is 18.2 Å². The minimum Gasteiger partial charge on any atom is -0.455 e. The molecule has 0 aliphatic carbocycles. The summed E-state index contributed by atoms with van der Waals surface area (Å²) in [5.74, 6) is 0. The van der Waals surface area contributed by atoms with Gasteiger partial charge in [-0.05, 0) is 87.6 Å². The first-order valence-corrected chi connectivity index (χ1v) is 18.7. The largest absolute Gasteiger partial charge is 0.455 e. The van der Waals surface area contributed by atoms with Crippen LogP contribution in [0, 0.1) is 0 Å². The van der Waals surface area contributed by atoms with Crippen LogP contribution < -0.4 is 4.90 Å². The molecule has 3 heteroatoms. The summed E-state index contributed by atoms with van der Waals surface area (Å²) in [5, 5.41) is 6.92. The molecule has 0 bridgehead atoms. The second-order valence-electron chi connectivity index (χ2n) is 14.1. The van der Waals surface area contributed by atoms with E-state index in [0.717, 1.165) is 94.3 Å². The van der Waals surface area contributed by atoms with E-state index in [-0.39, 0.29) is 0 Å². The molecule has 2 aromatic heterocycles. The quantitative estimate of drug-likeness (QED) is 0.173. The molecule has 0 saturated heterocycles. The first kappa shape index (κ1) is 31.2. The second-order valence-corrected chi connectivity index (χ2v) is 14.1. The summed E-state index contributed by atoms with van der Waals surface area (Å²) in [6.45, 7) is 0. The van der Waals surface area contributed by atoms with E-state index in [4.69, 9.17) is 8.83 Å². The molecule has 2 heterocycles. The first-order valence-electron chi connectivity index (χ1n) is 18.7. The zero-order chi connectivity index (χ0) is 36.3. The Kier molecular flexibility index (Phi) is 7.17. The van der Waals surface area contributed by atoms with Crippen LogP contribution in [0.15, 0.2) is 209 Å². The predicted octanol–water partition coefficient (Wildman–Crippen LogP) is 15.1. The second kappa shape index (κ2) is 12.6. The lowest BCUT2D eigenvalue weighted by atomic mass is 9.99. The zero-order valence-electron chi connectivity index (χ0n) is 29.8. The average molecular weight is 704 g/mol. The van der Waals surface area contributed by atoms with Crippen molar-refractivity contribution in [1.82, 2.24) is 0 Å². The average Bonchev–Trinajstić information content (AvgIpc) is 3.83. The normalized spacial score (nSPS) is 11.6. The van der Waals surface area contributed by atoms with E-state index < -0.39 is 0 Å². The zero-order valence-corrected chi connectivity index (χ0v) is 29.8. The summed E-state index contributed by atoms with van der Waals surface area (Å²) in [6, 6.07) is 70.9. The van der Waals surface area contributed by atoms with Crippen LogP contribution >= 0.6 is 0 Å². The Morgan fingerprint density at radius 3 is 1.55 bits per heavy atom. The fourth-order valence-electron chi connectivity index (χ4n) is 8.15. The number of benzene rings is 9. The highest BCUT2D eigenvalue weighted by molar-refractivity contribution is 6.11. The lowest BCUT2D eigenvalue weighted by Crippen LogP contribution is -2.09. The number of fused-ring (bicyclic) bond motifs is 7. The summed E-state index contributed by atoms with van der Waals surface area (Å²) < 4.78 is 12.9. The van der Waals surface area contributed by atoms with Crippen molar-refractivity contribution in [3.8, 4) is 33.4 Å². The van der Waals surface area contributed by atoms with Gasteiger partial charge in [-0.15, -0.1) is 0 Å². The molecular formula is C52H33NO2. The lowest BCUT2D eigenvalue weighted by Gasteiger charge is -2.26. The third-order valence-electron chi connectivity index (χ3n) is 10.9. The van der Waals surface area contributed by atoms with E-state index in [0.29, 0.717) is 0 Å². The van der Waals surface area contributed by atoms with Crippen molar-refractivity contribution in [2.24, 2.45) is 0 Å². The molecular weight excluding hydrogens is 671 g/mol. The molecule has 0 fully saturated rings. The highest BCUT2D eigenvalue weighted by Crippen LogP contribution is 2.41. The van der Waals surface area contributed by atoms with Crippen LogP contribution in [-0.4, -0.2) is 0 Å². The molecule has 0 aliphatic heterocycles. The van der Waals surface area contributed by atoms with E-state index in [9.17, 15) is 0 Å². The van der Waals surface area contributed by atoms with E-state index in [1.54, 1.807) is 0 Å². The Morgan fingerprint density at radius 2 is 0.818 bits per heavy atom. The number of anilines is 3. The Bertz CT molecular complexity index is 3190. The lowest BCUT2D eigenvalue weighted by molar-refractivity contribution is 0.669. The van der Waals surface area contributed by atoms with Crippen molar-refractivity contribution in [2.45, 2.75) is 0 Å². The van der Waals surface area contributed by atoms with Gasteiger partial charge in [0.2, 0.25) is 0 Å². The molecule has 11 rings (SSSR count). The van der Waals surface area contributed by atoms with Gasteiger partial charge in [-0.3, -0.25) is 0 Å². The maximum atomic E-state index is 6.47. The molecule has 0 unspecified atom stereocenters. The van der Waals surface area contributed by atoms with Crippen LogP contribution in [0.25, 0.3) is 88.0 Å². The molecule has 3 nitrogen and oxygen atoms in total. The van der Waals surface area contributed by atoms with Crippen molar-refractivity contribution in [1.29, 1.82) is 0 Å². The smallest absolute Gasteiger partial charge is 0.143 e. The van der Waals surface area contributed by atoms with Crippen LogP contribution in [0.2, 0.25) is 0 Å². The van der Waals surface area contributed by atoms with Gasteiger partial charge in [-0.25, -0.2) is 0 Å². The summed E-state index contributed by atoms with van der Waals surface area (Å²) in [6.07, 6.45) is 0. The van der Waals surface area contributed by atoms with Crippen LogP contribution in [0.1, 0.15) is 0 Å². The molecule has 0 amide bonds.